The van der Waals surface area contributed by atoms with Gasteiger partial charge in [-0.3, -0.25) is 4.79 Å². The molecule has 1 atom stereocenters. The van der Waals surface area contributed by atoms with Crippen molar-refractivity contribution in [1.29, 1.82) is 0 Å². The molecule has 0 bridgehead atoms. The highest BCUT2D eigenvalue weighted by Gasteiger charge is 2.27. The minimum atomic E-state index is -0.397. The number of carbonyl (C=O) groups is 1. The Kier molecular flexibility index (Phi) is 6.29. The molecule has 1 aliphatic heterocycles. The van der Waals surface area contributed by atoms with Crippen molar-refractivity contribution in [2.24, 2.45) is 0 Å². The molecular weight excluding hydrogens is 405 g/mol. The summed E-state index contributed by atoms with van der Waals surface area (Å²) in [5.74, 6) is -0.526. The van der Waals surface area contributed by atoms with Crippen molar-refractivity contribution in [3.8, 4) is 0 Å². The van der Waals surface area contributed by atoms with E-state index in [1.165, 1.54) is 12.1 Å². The Morgan fingerprint density at radius 3 is 2.84 bits per heavy atom. The molecule has 7 heteroatoms. The molecule has 0 spiro atoms. The number of likely N-dealkylation sites (tertiary alicyclic amines) is 1. The van der Waals surface area contributed by atoms with Crippen LogP contribution in [0.25, 0.3) is 0 Å². The van der Waals surface area contributed by atoms with E-state index in [0.29, 0.717) is 28.3 Å². The van der Waals surface area contributed by atoms with Crippen LogP contribution in [0.2, 0.25) is 5.02 Å². The summed E-state index contributed by atoms with van der Waals surface area (Å²) in [5.41, 5.74) is 0.374. The lowest BCUT2D eigenvalue weighted by molar-refractivity contribution is 0.0790. The maximum Gasteiger partial charge on any atom is 0.255 e. The van der Waals surface area contributed by atoms with E-state index in [9.17, 15) is 9.18 Å². The number of nitrogens with zero attached hydrogens (tertiary/aromatic N) is 1. The van der Waals surface area contributed by atoms with Crippen LogP contribution in [0.15, 0.2) is 12.1 Å². The largest absolute Gasteiger partial charge is 0.337 e. The number of likely N-dealkylation sites (N-methyl/N-ethyl adjacent to an activating group) is 1. The van der Waals surface area contributed by atoms with Gasteiger partial charge in [0.15, 0.2) is 0 Å². The Labute approximate surface area is 136 Å². The molecule has 0 saturated carbocycles. The summed E-state index contributed by atoms with van der Waals surface area (Å²) < 4.78 is 13.7. The van der Waals surface area contributed by atoms with E-state index in [-0.39, 0.29) is 23.3 Å². The predicted octanol–water partition coefficient (Wildman–Crippen LogP) is 2.94. The fourth-order valence-electron chi connectivity index (χ4n) is 2.04. The molecular formula is C12H14Cl2FIN2O. The smallest absolute Gasteiger partial charge is 0.255 e. The van der Waals surface area contributed by atoms with Crippen LogP contribution in [-0.2, 0) is 0 Å². The van der Waals surface area contributed by atoms with Gasteiger partial charge in [-0.1, -0.05) is 11.6 Å². The lowest BCUT2D eigenvalue weighted by Gasteiger charge is -2.17. The molecule has 3 nitrogen and oxygen atoms in total. The molecule has 0 aliphatic carbocycles. The molecule has 1 aromatic rings. The maximum atomic E-state index is 13.3. The van der Waals surface area contributed by atoms with E-state index in [1.54, 1.807) is 4.90 Å². The Bertz CT molecular complexity index is 487. The van der Waals surface area contributed by atoms with Crippen LogP contribution in [0.4, 0.5) is 4.39 Å². The van der Waals surface area contributed by atoms with Gasteiger partial charge in [0.05, 0.1) is 10.6 Å². The number of carbonyl (C=O) groups excluding carboxylic acids is 1. The third kappa shape index (κ3) is 3.71. The Balaban J connectivity index is 0.00000180. The van der Waals surface area contributed by atoms with Gasteiger partial charge in [0.25, 0.3) is 5.91 Å². The van der Waals surface area contributed by atoms with Crippen LogP contribution in [-0.4, -0.2) is 37.0 Å². The lowest BCUT2D eigenvalue weighted by atomic mass is 10.2. The Morgan fingerprint density at radius 1 is 1.58 bits per heavy atom. The highest BCUT2D eigenvalue weighted by Crippen LogP contribution is 2.24. The van der Waals surface area contributed by atoms with E-state index >= 15 is 0 Å². The standard InChI is InChI=1S/C12H13ClFIN2O.ClH/c1-16-7-2-3-17(6-7)12(18)8-4-11(15)10(14)5-9(8)13;/h4-5,7,16H,2-3,6H2,1H3;1H/t7-;/m1./s1. The van der Waals surface area contributed by atoms with Gasteiger partial charge < -0.3 is 10.2 Å². The second-order valence-corrected chi connectivity index (χ2v) is 5.84. The summed E-state index contributed by atoms with van der Waals surface area (Å²) in [6, 6.07) is 3.03. The van der Waals surface area contributed by atoms with Crippen LogP contribution >= 0.6 is 46.6 Å². The quantitative estimate of drug-likeness (QED) is 0.591. The van der Waals surface area contributed by atoms with Crippen molar-refractivity contribution >= 4 is 52.5 Å². The van der Waals surface area contributed by atoms with Crippen molar-refractivity contribution in [1.82, 2.24) is 10.2 Å². The van der Waals surface area contributed by atoms with Gasteiger partial charge in [-0.2, -0.15) is 0 Å². The monoisotopic (exact) mass is 418 g/mol. The minimum absolute atomic E-state index is 0. The first kappa shape index (κ1) is 16.9. The van der Waals surface area contributed by atoms with Crippen LogP contribution in [0.5, 0.6) is 0 Å². The van der Waals surface area contributed by atoms with Crippen LogP contribution in [0, 0.1) is 9.39 Å². The summed E-state index contributed by atoms with van der Waals surface area (Å²) in [7, 11) is 1.88. The van der Waals surface area contributed by atoms with Gasteiger partial charge in [0, 0.05) is 22.7 Å². The summed E-state index contributed by atoms with van der Waals surface area (Å²) >= 11 is 7.80. The van der Waals surface area contributed by atoms with Crippen molar-refractivity contribution in [2.75, 3.05) is 20.1 Å². The van der Waals surface area contributed by atoms with E-state index in [2.05, 4.69) is 5.32 Å². The van der Waals surface area contributed by atoms with E-state index < -0.39 is 5.82 Å². The molecule has 1 N–H and O–H groups in total. The molecule has 19 heavy (non-hydrogen) atoms. The minimum Gasteiger partial charge on any atom is -0.337 e. The van der Waals surface area contributed by atoms with Crippen molar-refractivity contribution in [2.45, 2.75) is 12.5 Å². The van der Waals surface area contributed by atoms with E-state index in [4.69, 9.17) is 11.6 Å². The first-order valence-electron chi connectivity index (χ1n) is 5.64. The zero-order valence-electron chi connectivity index (χ0n) is 10.3. The summed E-state index contributed by atoms with van der Waals surface area (Å²) in [6.07, 6.45) is 0.929. The van der Waals surface area contributed by atoms with Gasteiger partial charge >= 0.3 is 0 Å². The Hall–Kier alpha value is -0.110. The molecule has 1 aromatic carbocycles. The number of rotatable bonds is 2. The van der Waals surface area contributed by atoms with Crippen molar-refractivity contribution in [3.05, 3.63) is 32.1 Å². The molecule has 106 valence electrons. The SMILES string of the molecule is CN[C@@H]1CCN(C(=O)c2cc(I)c(F)cc2Cl)C1.Cl. The molecule has 1 amide bonds. The second kappa shape index (κ2) is 7.06. The summed E-state index contributed by atoms with van der Waals surface area (Å²) in [6.45, 7) is 1.37. The molecule has 1 heterocycles. The maximum absolute atomic E-state index is 13.3. The topological polar surface area (TPSA) is 32.3 Å². The molecule has 0 radical (unpaired) electrons. The zero-order chi connectivity index (χ0) is 13.3. The van der Waals surface area contributed by atoms with Crippen molar-refractivity contribution < 1.29 is 9.18 Å². The average Bonchev–Trinajstić information content (AvgIpc) is 2.81. The molecule has 1 aliphatic rings. The van der Waals surface area contributed by atoms with E-state index in [1.807, 2.05) is 29.6 Å². The van der Waals surface area contributed by atoms with Gasteiger partial charge in [-0.15, -0.1) is 12.4 Å². The number of nitrogens with one attached hydrogen (secondary N) is 1. The number of amides is 1. The number of halogens is 4. The summed E-state index contributed by atoms with van der Waals surface area (Å²) in [5, 5.41) is 3.32. The fraction of sp³-hybridized carbons (Fsp3) is 0.417. The van der Waals surface area contributed by atoms with Crippen LogP contribution in [0.1, 0.15) is 16.8 Å². The molecule has 0 aromatic heterocycles. The van der Waals surface area contributed by atoms with Gasteiger partial charge in [0.1, 0.15) is 5.82 Å². The zero-order valence-corrected chi connectivity index (χ0v) is 14.0. The molecule has 1 fully saturated rings. The first-order valence-corrected chi connectivity index (χ1v) is 7.09. The third-order valence-electron chi connectivity index (χ3n) is 3.12. The van der Waals surface area contributed by atoms with Crippen LogP contribution < -0.4 is 5.32 Å². The average molecular weight is 419 g/mol. The molecule has 0 unspecified atom stereocenters. The Morgan fingerprint density at radius 2 is 2.26 bits per heavy atom. The van der Waals surface area contributed by atoms with Gasteiger partial charge in [0.2, 0.25) is 0 Å². The number of hydrogen-bond acceptors (Lipinski definition) is 2. The third-order valence-corrected chi connectivity index (χ3v) is 4.26. The molecule has 1 saturated heterocycles. The normalized spacial score (nSPS) is 18.3. The lowest BCUT2D eigenvalue weighted by Crippen LogP contribution is -2.33. The van der Waals surface area contributed by atoms with Crippen LogP contribution in [0.3, 0.4) is 0 Å². The van der Waals surface area contributed by atoms with Gasteiger partial charge in [-0.05, 0) is 48.2 Å². The molecule has 2 rings (SSSR count). The number of hydrogen-bond donors (Lipinski definition) is 1. The highest BCUT2D eigenvalue weighted by molar-refractivity contribution is 14.1. The van der Waals surface area contributed by atoms with Gasteiger partial charge in [-0.25, -0.2) is 4.39 Å². The van der Waals surface area contributed by atoms with E-state index in [0.717, 1.165) is 6.42 Å². The second-order valence-electron chi connectivity index (χ2n) is 4.27. The summed E-state index contributed by atoms with van der Waals surface area (Å²) in [4.78, 5) is 14.0. The first-order chi connectivity index (χ1) is 8.52. The fourth-order valence-corrected chi connectivity index (χ4v) is 2.74. The number of benzene rings is 1. The van der Waals surface area contributed by atoms with Crippen molar-refractivity contribution in [3.63, 3.8) is 0 Å². The highest BCUT2D eigenvalue weighted by atomic mass is 127. The predicted molar refractivity (Wildman–Crippen MR) is 84.7 cm³/mol.